The summed E-state index contributed by atoms with van der Waals surface area (Å²) in [7, 11) is 0. The monoisotopic (exact) mass is 271 g/mol. The molecule has 0 fully saturated rings. The number of aryl methyl sites for hydroxylation is 2. The van der Waals surface area contributed by atoms with Crippen LogP contribution in [0, 0.1) is 13.8 Å². The van der Waals surface area contributed by atoms with E-state index in [0.717, 1.165) is 5.02 Å². The fourth-order valence-electron chi connectivity index (χ4n) is 1.35. The minimum absolute atomic E-state index is 0.384. The van der Waals surface area contributed by atoms with E-state index in [1.165, 1.54) is 20.1 Å². The molecule has 1 aromatic carbocycles. The molecule has 0 saturated carbocycles. The quantitative estimate of drug-likeness (QED) is 0.726. The first-order valence-corrected chi connectivity index (χ1v) is 6.45. The fourth-order valence-corrected chi connectivity index (χ4v) is 3.32. The summed E-state index contributed by atoms with van der Waals surface area (Å²) in [6.45, 7) is 4.18. The van der Waals surface area contributed by atoms with E-state index in [1.807, 2.05) is 18.3 Å². The molecule has 0 aliphatic carbocycles. The van der Waals surface area contributed by atoms with Crippen LogP contribution in [0.2, 0.25) is 5.02 Å². The zero-order valence-corrected chi connectivity index (χ0v) is 10.5. The van der Waals surface area contributed by atoms with Gasteiger partial charge in [0.1, 0.15) is 0 Å². The summed E-state index contributed by atoms with van der Waals surface area (Å²) < 4.78 is 2.56. The van der Waals surface area contributed by atoms with Crippen molar-refractivity contribution in [1.82, 2.24) is 4.98 Å². The van der Waals surface area contributed by atoms with Gasteiger partial charge in [0.15, 0.2) is 0 Å². The Morgan fingerprint density at radius 2 is 2.07 bits per heavy atom. The van der Waals surface area contributed by atoms with E-state index in [9.17, 15) is 0 Å². The summed E-state index contributed by atoms with van der Waals surface area (Å²) in [5.74, 6) is 0. The number of hydrogen-bond donors (Lipinski definition) is 0. The fraction of sp³-hybridized carbons (Fsp3) is 0.182. The first-order valence-electron chi connectivity index (χ1n) is 4.36. The average molecular weight is 271 g/mol. The SMILES string of the molecule is Cc1ncc(-c2cc(Cl)ccc2C)[se]1. The Hall–Kier alpha value is -0.561. The zero-order chi connectivity index (χ0) is 10.1. The van der Waals surface area contributed by atoms with Crippen LogP contribution < -0.4 is 0 Å². The molecule has 0 unspecified atom stereocenters. The molecule has 0 aliphatic heterocycles. The maximum atomic E-state index is 5.97. The molecule has 0 amide bonds. The normalized spacial score (nSPS) is 10.5. The van der Waals surface area contributed by atoms with Gasteiger partial charge in [0, 0.05) is 0 Å². The first kappa shape index (κ1) is 9.97. The van der Waals surface area contributed by atoms with Crippen molar-refractivity contribution >= 4 is 26.1 Å². The molecule has 0 saturated heterocycles. The first-order chi connectivity index (χ1) is 6.66. The Bertz CT molecular complexity index is 462. The van der Waals surface area contributed by atoms with Gasteiger partial charge in [-0.1, -0.05) is 0 Å². The average Bonchev–Trinajstić information content (AvgIpc) is 2.56. The molecule has 0 aliphatic rings. The molecule has 2 rings (SSSR count). The van der Waals surface area contributed by atoms with Crippen molar-refractivity contribution < 1.29 is 0 Å². The Morgan fingerprint density at radius 3 is 2.71 bits per heavy atom. The van der Waals surface area contributed by atoms with Crippen LogP contribution in [0.5, 0.6) is 0 Å². The van der Waals surface area contributed by atoms with Crippen molar-refractivity contribution in [3.63, 3.8) is 0 Å². The van der Waals surface area contributed by atoms with Crippen molar-refractivity contribution in [3.8, 4) is 10.0 Å². The third kappa shape index (κ3) is 1.93. The summed E-state index contributed by atoms with van der Waals surface area (Å²) in [4.78, 5) is 4.30. The Balaban J connectivity index is 2.55. The third-order valence-corrected chi connectivity index (χ3v) is 4.31. The van der Waals surface area contributed by atoms with Gasteiger partial charge in [-0.3, -0.25) is 0 Å². The van der Waals surface area contributed by atoms with Crippen LogP contribution in [0.1, 0.15) is 10.1 Å². The van der Waals surface area contributed by atoms with E-state index in [1.54, 1.807) is 0 Å². The van der Waals surface area contributed by atoms with E-state index in [2.05, 4.69) is 24.9 Å². The molecule has 0 radical (unpaired) electrons. The van der Waals surface area contributed by atoms with Crippen molar-refractivity contribution in [1.29, 1.82) is 0 Å². The number of rotatable bonds is 1. The number of aromatic nitrogens is 1. The standard InChI is InChI=1S/C11H10ClNSe/c1-7-3-4-9(12)5-10(7)11-6-13-8(2)14-11/h3-6H,1-2H3. The van der Waals surface area contributed by atoms with Crippen LogP contribution in [0.25, 0.3) is 10.0 Å². The van der Waals surface area contributed by atoms with E-state index in [4.69, 9.17) is 11.6 Å². The Morgan fingerprint density at radius 1 is 1.29 bits per heavy atom. The summed E-state index contributed by atoms with van der Waals surface area (Å²) in [6.07, 6.45) is 1.97. The second kappa shape index (κ2) is 3.90. The van der Waals surface area contributed by atoms with Gasteiger partial charge < -0.3 is 0 Å². The Kier molecular flexibility index (Phi) is 2.78. The van der Waals surface area contributed by atoms with Gasteiger partial charge in [-0.05, 0) is 0 Å². The topological polar surface area (TPSA) is 12.9 Å². The van der Waals surface area contributed by atoms with Crippen LogP contribution in [0.15, 0.2) is 24.4 Å². The number of benzene rings is 1. The predicted octanol–water partition coefficient (Wildman–Crippen LogP) is 3.08. The summed E-state index contributed by atoms with van der Waals surface area (Å²) in [6, 6.07) is 6.01. The van der Waals surface area contributed by atoms with Gasteiger partial charge in [0.25, 0.3) is 0 Å². The summed E-state index contributed by atoms with van der Waals surface area (Å²) in [5, 5.41) is 0.798. The minimum atomic E-state index is 0.384. The predicted molar refractivity (Wildman–Crippen MR) is 61.1 cm³/mol. The third-order valence-electron chi connectivity index (χ3n) is 2.09. The zero-order valence-electron chi connectivity index (χ0n) is 8.04. The molecule has 72 valence electrons. The number of halogens is 1. The van der Waals surface area contributed by atoms with E-state index < -0.39 is 0 Å². The van der Waals surface area contributed by atoms with Crippen LogP contribution in [-0.4, -0.2) is 19.5 Å². The van der Waals surface area contributed by atoms with Crippen molar-refractivity contribution in [2.75, 3.05) is 0 Å². The van der Waals surface area contributed by atoms with Crippen molar-refractivity contribution in [2.45, 2.75) is 13.8 Å². The molecule has 1 nitrogen and oxygen atoms in total. The van der Waals surface area contributed by atoms with Crippen LogP contribution in [0.4, 0.5) is 0 Å². The molecule has 1 heterocycles. The molecule has 3 heteroatoms. The van der Waals surface area contributed by atoms with Gasteiger partial charge in [-0.2, -0.15) is 0 Å². The van der Waals surface area contributed by atoms with Gasteiger partial charge in [0.2, 0.25) is 0 Å². The van der Waals surface area contributed by atoms with Gasteiger partial charge in [0.05, 0.1) is 0 Å². The van der Waals surface area contributed by atoms with E-state index in [-0.39, 0.29) is 0 Å². The second-order valence-corrected chi connectivity index (χ2v) is 6.23. The van der Waals surface area contributed by atoms with Crippen LogP contribution >= 0.6 is 11.6 Å². The van der Waals surface area contributed by atoms with Gasteiger partial charge >= 0.3 is 94.5 Å². The molecule has 0 atom stereocenters. The van der Waals surface area contributed by atoms with Crippen LogP contribution in [0.3, 0.4) is 0 Å². The molecular weight excluding hydrogens is 261 g/mol. The van der Waals surface area contributed by atoms with Crippen molar-refractivity contribution in [2.24, 2.45) is 0 Å². The van der Waals surface area contributed by atoms with Crippen molar-refractivity contribution in [3.05, 3.63) is 39.5 Å². The van der Waals surface area contributed by atoms with E-state index >= 15 is 0 Å². The number of nitrogens with zero attached hydrogens (tertiary/aromatic N) is 1. The Labute approximate surface area is 94.5 Å². The van der Waals surface area contributed by atoms with Gasteiger partial charge in [-0.25, -0.2) is 0 Å². The molecular formula is C11H10ClNSe. The van der Waals surface area contributed by atoms with E-state index in [0.29, 0.717) is 14.5 Å². The van der Waals surface area contributed by atoms with Crippen LogP contribution in [-0.2, 0) is 0 Å². The second-order valence-electron chi connectivity index (χ2n) is 3.20. The molecule has 0 spiro atoms. The molecule has 0 bridgehead atoms. The molecule has 0 N–H and O–H groups in total. The molecule has 14 heavy (non-hydrogen) atoms. The summed E-state index contributed by atoms with van der Waals surface area (Å²) in [5.41, 5.74) is 2.52. The summed E-state index contributed by atoms with van der Waals surface area (Å²) >= 11 is 6.36. The van der Waals surface area contributed by atoms with Gasteiger partial charge in [-0.15, -0.1) is 0 Å². The molecule has 1 aromatic heterocycles. The molecule has 2 aromatic rings. The number of hydrogen-bond acceptors (Lipinski definition) is 1. The maximum absolute atomic E-state index is 5.97.